The molecule has 0 aliphatic heterocycles. The van der Waals surface area contributed by atoms with Crippen LogP contribution in [0.5, 0.6) is 0 Å². The largest absolute Gasteiger partial charge is 0.478 e. The molecular formula is C32H48O4. The zero-order chi connectivity index (χ0) is 27.6. The van der Waals surface area contributed by atoms with Crippen molar-refractivity contribution >= 4 is 11.9 Å². The fourth-order valence-electron chi connectivity index (χ4n) is 4.45. The van der Waals surface area contributed by atoms with E-state index in [-0.39, 0.29) is 12.0 Å². The standard InChI is InChI=1S/C24H34.C6H8O4.C2H6/c1-6-12-21(9-4)24(5,22-15-10-13-19(7-2)17-22)23-16-11-14-20(8-3)18-23;1-2-10-6(9)4-3-5(7)8;1-2/h10-11,13-18,21H,6-9,12H2,1-5H3;3-4H,2H2,1H3,(H,7,8);1-2H3/b;4-3-;. The number of carboxylic acids is 1. The number of hydrogen-bond acceptors (Lipinski definition) is 3. The van der Waals surface area contributed by atoms with Crippen LogP contribution in [0.25, 0.3) is 0 Å². The molecule has 0 fully saturated rings. The summed E-state index contributed by atoms with van der Waals surface area (Å²) in [5.74, 6) is -1.13. The lowest BCUT2D eigenvalue weighted by atomic mass is 9.64. The number of aryl methyl sites for hydroxylation is 2. The van der Waals surface area contributed by atoms with Crippen LogP contribution in [0.4, 0.5) is 0 Å². The number of hydrogen-bond donors (Lipinski definition) is 1. The van der Waals surface area contributed by atoms with Crippen LogP contribution in [0, 0.1) is 5.92 Å². The smallest absolute Gasteiger partial charge is 0.330 e. The summed E-state index contributed by atoms with van der Waals surface area (Å²) in [5.41, 5.74) is 5.93. The second-order valence-corrected chi connectivity index (χ2v) is 8.63. The Hall–Kier alpha value is -2.88. The Labute approximate surface area is 219 Å². The second kappa shape index (κ2) is 18.4. The number of aliphatic carboxylic acids is 1. The first-order valence-corrected chi connectivity index (χ1v) is 13.5. The molecular weight excluding hydrogens is 448 g/mol. The maximum atomic E-state index is 10.4. The minimum absolute atomic E-state index is 0.0844. The molecule has 1 unspecified atom stereocenters. The molecule has 36 heavy (non-hydrogen) atoms. The van der Waals surface area contributed by atoms with Crippen molar-refractivity contribution in [1.29, 1.82) is 0 Å². The molecule has 0 aliphatic carbocycles. The van der Waals surface area contributed by atoms with E-state index in [1.165, 1.54) is 41.5 Å². The third-order valence-electron chi connectivity index (χ3n) is 6.46. The van der Waals surface area contributed by atoms with Gasteiger partial charge in [0, 0.05) is 17.6 Å². The number of carbonyl (C=O) groups is 2. The van der Waals surface area contributed by atoms with Crippen LogP contribution in [0.15, 0.2) is 60.7 Å². The van der Waals surface area contributed by atoms with E-state index in [2.05, 4.69) is 87.9 Å². The Bertz CT molecular complexity index is 882. The van der Waals surface area contributed by atoms with Crippen LogP contribution in [0.1, 0.15) is 96.9 Å². The summed E-state index contributed by atoms with van der Waals surface area (Å²) in [5, 5.41) is 8.04. The highest BCUT2D eigenvalue weighted by Gasteiger charge is 2.36. The van der Waals surface area contributed by atoms with E-state index in [1.54, 1.807) is 6.92 Å². The van der Waals surface area contributed by atoms with Crippen molar-refractivity contribution in [3.63, 3.8) is 0 Å². The van der Waals surface area contributed by atoms with Crippen molar-refractivity contribution in [2.45, 2.75) is 92.9 Å². The third-order valence-corrected chi connectivity index (χ3v) is 6.46. The zero-order valence-corrected chi connectivity index (χ0v) is 23.8. The van der Waals surface area contributed by atoms with Crippen LogP contribution in [0.2, 0.25) is 0 Å². The lowest BCUT2D eigenvalue weighted by Gasteiger charge is -2.39. The zero-order valence-electron chi connectivity index (χ0n) is 23.8. The van der Waals surface area contributed by atoms with Gasteiger partial charge in [-0.15, -0.1) is 0 Å². The summed E-state index contributed by atoms with van der Waals surface area (Å²) in [6.45, 7) is 17.5. The Kier molecular flexibility index (Phi) is 16.9. The van der Waals surface area contributed by atoms with Crippen molar-refractivity contribution in [3.05, 3.63) is 82.9 Å². The lowest BCUT2D eigenvalue weighted by Crippen LogP contribution is -2.33. The van der Waals surface area contributed by atoms with Gasteiger partial charge in [-0.2, -0.15) is 0 Å². The van der Waals surface area contributed by atoms with Gasteiger partial charge in [0.25, 0.3) is 0 Å². The average molecular weight is 497 g/mol. The Morgan fingerprint density at radius 2 is 1.39 bits per heavy atom. The van der Waals surface area contributed by atoms with Gasteiger partial charge in [0.15, 0.2) is 0 Å². The highest BCUT2D eigenvalue weighted by atomic mass is 16.5. The Balaban J connectivity index is 0.000000861. The highest BCUT2D eigenvalue weighted by Crippen LogP contribution is 2.43. The van der Waals surface area contributed by atoms with Gasteiger partial charge in [0.05, 0.1) is 6.61 Å². The molecule has 0 radical (unpaired) electrons. The average Bonchev–Trinajstić information content (AvgIpc) is 2.91. The fraction of sp³-hybridized carbons (Fsp3) is 0.500. The van der Waals surface area contributed by atoms with Gasteiger partial charge < -0.3 is 9.84 Å². The van der Waals surface area contributed by atoms with Crippen molar-refractivity contribution in [2.24, 2.45) is 5.92 Å². The molecule has 1 atom stereocenters. The molecule has 0 heterocycles. The third kappa shape index (κ3) is 10.4. The Morgan fingerprint density at radius 3 is 1.75 bits per heavy atom. The number of esters is 1. The molecule has 0 bridgehead atoms. The van der Waals surface area contributed by atoms with Crippen molar-refractivity contribution in [1.82, 2.24) is 0 Å². The summed E-state index contributed by atoms with van der Waals surface area (Å²) in [6.07, 6.45) is 7.54. The first kappa shape index (κ1) is 33.1. The van der Waals surface area contributed by atoms with Crippen LogP contribution >= 0.6 is 0 Å². The van der Waals surface area contributed by atoms with E-state index in [4.69, 9.17) is 5.11 Å². The Morgan fingerprint density at radius 1 is 0.889 bits per heavy atom. The van der Waals surface area contributed by atoms with Crippen LogP contribution in [0.3, 0.4) is 0 Å². The predicted octanol–water partition coefficient (Wildman–Crippen LogP) is 8.16. The number of benzene rings is 2. The summed E-state index contributed by atoms with van der Waals surface area (Å²) < 4.78 is 4.40. The summed E-state index contributed by atoms with van der Waals surface area (Å²) in [4.78, 5) is 20.2. The predicted molar refractivity (Wildman–Crippen MR) is 152 cm³/mol. The fourth-order valence-corrected chi connectivity index (χ4v) is 4.45. The van der Waals surface area contributed by atoms with Crippen molar-refractivity contribution < 1.29 is 19.4 Å². The quantitative estimate of drug-likeness (QED) is 0.252. The molecule has 2 rings (SSSR count). The summed E-state index contributed by atoms with van der Waals surface area (Å²) in [7, 11) is 0. The molecule has 0 aromatic heterocycles. The molecule has 0 amide bonds. The van der Waals surface area contributed by atoms with Crippen LogP contribution in [-0.2, 0) is 32.6 Å². The minimum Gasteiger partial charge on any atom is -0.478 e. The molecule has 0 saturated carbocycles. The highest BCUT2D eigenvalue weighted by molar-refractivity contribution is 5.90. The number of rotatable bonds is 11. The first-order valence-electron chi connectivity index (χ1n) is 13.5. The monoisotopic (exact) mass is 496 g/mol. The molecule has 0 saturated heterocycles. The molecule has 0 spiro atoms. The molecule has 2 aromatic carbocycles. The van der Waals surface area contributed by atoms with Crippen LogP contribution in [-0.4, -0.2) is 23.7 Å². The van der Waals surface area contributed by atoms with Gasteiger partial charge in [0.2, 0.25) is 0 Å². The molecule has 1 N–H and O–H groups in total. The van der Waals surface area contributed by atoms with Crippen molar-refractivity contribution in [2.75, 3.05) is 6.61 Å². The molecule has 4 nitrogen and oxygen atoms in total. The number of carboxylic acid groups (broad SMARTS) is 1. The summed E-state index contributed by atoms with van der Waals surface area (Å²) in [6, 6.07) is 18.6. The number of ether oxygens (including phenoxy) is 1. The van der Waals surface area contributed by atoms with Gasteiger partial charge in [-0.05, 0) is 54.4 Å². The van der Waals surface area contributed by atoms with E-state index in [0.29, 0.717) is 5.92 Å². The molecule has 4 heteroatoms. The van der Waals surface area contributed by atoms with Crippen LogP contribution < -0.4 is 0 Å². The maximum Gasteiger partial charge on any atom is 0.330 e. The van der Waals surface area contributed by atoms with E-state index in [1.807, 2.05) is 13.8 Å². The lowest BCUT2D eigenvalue weighted by molar-refractivity contribution is -0.138. The summed E-state index contributed by atoms with van der Waals surface area (Å²) >= 11 is 0. The van der Waals surface area contributed by atoms with Gasteiger partial charge >= 0.3 is 11.9 Å². The minimum atomic E-state index is -1.16. The van der Waals surface area contributed by atoms with E-state index in [0.717, 1.165) is 25.0 Å². The van der Waals surface area contributed by atoms with Crippen molar-refractivity contribution in [3.8, 4) is 0 Å². The van der Waals surface area contributed by atoms with Gasteiger partial charge in [-0.25, -0.2) is 9.59 Å². The topological polar surface area (TPSA) is 63.6 Å². The van der Waals surface area contributed by atoms with E-state index < -0.39 is 11.9 Å². The van der Waals surface area contributed by atoms with E-state index in [9.17, 15) is 9.59 Å². The SMILES string of the molecule is CC.CCCC(CC)C(C)(c1cccc(CC)c1)c1cccc(CC)c1.CCOC(=O)/C=C\C(=O)O. The number of carbonyl (C=O) groups excluding carboxylic acids is 1. The molecule has 2 aromatic rings. The van der Waals surface area contributed by atoms with Gasteiger partial charge in [0.1, 0.15) is 0 Å². The van der Waals surface area contributed by atoms with E-state index >= 15 is 0 Å². The maximum absolute atomic E-state index is 10.4. The first-order chi connectivity index (χ1) is 17.3. The molecule has 0 aliphatic rings. The normalized spacial score (nSPS) is 11.6. The second-order valence-electron chi connectivity index (χ2n) is 8.63. The van der Waals surface area contributed by atoms with Gasteiger partial charge in [-0.3, -0.25) is 0 Å². The molecule has 200 valence electrons. The van der Waals surface area contributed by atoms with Gasteiger partial charge in [-0.1, -0.05) is 110 Å².